The van der Waals surface area contributed by atoms with Crippen LogP contribution in [0.3, 0.4) is 0 Å². The molecule has 132 valence electrons. The number of hydrogen-bond acceptors (Lipinski definition) is 5. The molecule has 8 nitrogen and oxygen atoms in total. The predicted octanol–water partition coefficient (Wildman–Crippen LogP) is 1.38. The van der Waals surface area contributed by atoms with Crippen molar-refractivity contribution in [2.75, 3.05) is 0 Å². The average molecular weight is 371 g/mol. The SMILES string of the molecule is O=C(Cc1ccc(Cl)cc1)NNC(=O)Cn1nnc(-c2ccccc2)n1. The van der Waals surface area contributed by atoms with E-state index in [0.717, 1.165) is 15.9 Å². The molecule has 0 spiro atoms. The van der Waals surface area contributed by atoms with E-state index in [2.05, 4.69) is 26.3 Å². The minimum atomic E-state index is -0.466. The quantitative estimate of drug-likeness (QED) is 0.661. The number of carbonyl (C=O) groups is 2. The molecule has 3 rings (SSSR count). The number of benzene rings is 2. The third-order valence-corrected chi connectivity index (χ3v) is 3.64. The monoisotopic (exact) mass is 370 g/mol. The van der Waals surface area contributed by atoms with Crippen molar-refractivity contribution in [2.45, 2.75) is 13.0 Å². The molecule has 2 amide bonds. The Morgan fingerprint density at radius 3 is 2.38 bits per heavy atom. The first-order valence-electron chi connectivity index (χ1n) is 7.75. The van der Waals surface area contributed by atoms with E-state index in [9.17, 15) is 9.59 Å². The van der Waals surface area contributed by atoms with Crippen LogP contribution >= 0.6 is 11.6 Å². The normalized spacial score (nSPS) is 10.3. The number of aromatic nitrogens is 4. The van der Waals surface area contributed by atoms with Crippen LogP contribution in [0.5, 0.6) is 0 Å². The first-order chi connectivity index (χ1) is 12.6. The fourth-order valence-corrected chi connectivity index (χ4v) is 2.28. The van der Waals surface area contributed by atoms with Gasteiger partial charge >= 0.3 is 0 Å². The van der Waals surface area contributed by atoms with Gasteiger partial charge in [-0.1, -0.05) is 54.1 Å². The van der Waals surface area contributed by atoms with Crippen LogP contribution in [0, 0.1) is 0 Å². The highest BCUT2D eigenvalue weighted by molar-refractivity contribution is 6.30. The summed E-state index contributed by atoms with van der Waals surface area (Å²) in [4.78, 5) is 24.9. The molecule has 0 aliphatic rings. The zero-order chi connectivity index (χ0) is 18.4. The smallest absolute Gasteiger partial charge is 0.262 e. The van der Waals surface area contributed by atoms with E-state index in [0.29, 0.717) is 10.8 Å². The number of rotatable bonds is 5. The van der Waals surface area contributed by atoms with E-state index in [1.54, 1.807) is 24.3 Å². The summed E-state index contributed by atoms with van der Waals surface area (Å²) in [6, 6.07) is 16.2. The molecule has 0 atom stereocenters. The van der Waals surface area contributed by atoms with Crippen molar-refractivity contribution in [1.82, 2.24) is 31.1 Å². The highest BCUT2D eigenvalue weighted by atomic mass is 35.5. The first kappa shape index (κ1) is 17.6. The summed E-state index contributed by atoms with van der Waals surface area (Å²) in [5.41, 5.74) is 6.25. The van der Waals surface area contributed by atoms with Crippen molar-refractivity contribution in [1.29, 1.82) is 0 Å². The Bertz CT molecular complexity index is 895. The molecule has 3 aromatic rings. The molecule has 2 aromatic carbocycles. The second-order valence-electron chi connectivity index (χ2n) is 5.41. The van der Waals surface area contributed by atoms with Crippen molar-refractivity contribution in [2.24, 2.45) is 0 Å². The van der Waals surface area contributed by atoms with Crippen molar-refractivity contribution in [3.8, 4) is 11.4 Å². The topological polar surface area (TPSA) is 102 Å². The van der Waals surface area contributed by atoms with Crippen molar-refractivity contribution < 1.29 is 9.59 Å². The number of amides is 2. The number of halogens is 1. The number of tetrazole rings is 1. The van der Waals surface area contributed by atoms with Gasteiger partial charge in [0, 0.05) is 10.6 Å². The highest BCUT2D eigenvalue weighted by Crippen LogP contribution is 2.11. The zero-order valence-electron chi connectivity index (χ0n) is 13.6. The summed E-state index contributed by atoms with van der Waals surface area (Å²) in [6.45, 7) is -0.166. The molecule has 0 saturated carbocycles. The molecule has 0 fully saturated rings. The standard InChI is InChI=1S/C17H15ClN6O2/c18-14-8-6-12(7-9-14)10-15(25)19-20-16(26)11-24-22-17(21-23-24)13-4-2-1-3-5-13/h1-9H,10-11H2,(H,19,25)(H,20,26). The fraction of sp³-hybridized carbons (Fsp3) is 0.118. The summed E-state index contributed by atoms with van der Waals surface area (Å²) in [6.07, 6.45) is 0.122. The lowest BCUT2D eigenvalue weighted by Crippen LogP contribution is -2.44. The van der Waals surface area contributed by atoms with Crippen LogP contribution in [0.25, 0.3) is 11.4 Å². The zero-order valence-corrected chi connectivity index (χ0v) is 14.3. The maximum Gasteiger partial charge on any atom is 0.262 e. The molecule has 0 aliphatic heterocycles. The van der Waals surface area contributed by atoms with Gasteiger partial charge < -0.3 is 0 Å². The second kappa shape index (κ2) is 8.21. The molecule has 0 bridgehead atoms. The van der Waals surface area contributed by atoms with E-state index >= 15 is 0 Å². The molecule has 0 saturated heterocycles. The van der Waals surface area contributed by atoms with Crippen LogP contribution < -0.4 is 10.9 Å². The van der Waals surface area contributed by atoms with Gasteiger partial charge in [-0.25, -0.2) is 0 Å². The van der Waals surface area contributed by atoms with Crippen LogP contribution in [-0.4, -0.2) is 32.0 Å². The van der Waals surface area contributed by atoms with Crippen LogP contribution in [0.1, 0.15) is 5.56 Å². The molecule has 26 heavy (non-hydrogen) atoms. The summed E-state index contributed by atoms with van der Waals surface area (Å²) >= 11 is 5.79. The Morgan fingerprint density at radius 1 is 0.962 bits per heavy atom. The van der Waals surface area contributed by atoms with Crippen molar-refractivity contribution >= 4 is 23.4 Å². The van der Waals surface area contributed by atoms with Gasteiger partial charge in [-0.3, -0.25) is 20.4 Å². The fourth-order valence-electron chi connectivity index (χ4n) is 2.15. The third-order valence-electron chi connectivity index (χ3n) is 3.39. The van der Waals surface area contributed by atoms with Gasteiger partial charge in [0.2, 0.25) is 11.7 Å². The van der Waals surface area contributed by atoms with Crippen LogP contribution in [0.15, 0.2) is 54.6 Å². The van der Waals surface area contributed by atoms with Gasteiger partial charge in [-0.15, -0.1) is 10.2 Å². The lowest BCUT2D eigenvalue weighted by Gasteiger charge is -2.07. The van der Waals surface area contributed by atoms with Crippen molar-refractivity contribution in [3.05, 3.63) is 65.2 Å². The number of hydrazine groups is 1. The Kier molecular flexibility index (Phi) is 5.55. The molecular formula is C17H15ClN6O2. The molecule has 9 heteroatoms. The average Bonchev–Trinajstić information content (AvgIpc) is 3.11. The lowest BCUT2D eigenvalue weighted by molar-refractivity contribution is -0.129. The van der Waals surface area contributed by atoms with Gasteiger partial charge in [0.15, 0.2) is 0 Å². The molecule has 1 heterocycles. The highest BCUT2D eigenvalue weighted by Gasteiger charge is 2.10. The summed E-state index contributed by atoms with van der Waals surface area (Å²) in [5, 5.41) is 12.5. The summed E-state index contributed by atoms with van der Waals surface area (Å²) in [5.74, 6) is -0.395. The molecule has 2 N–H and O–H groups in total. The Hall–Kier alpha value is -3.26. The number of nitrogens with zero attached hydrogens (tertiary/aromatic N) is 4. The van der Waals surface area contributed by atoms with E-state index in [1.165, 1.54) is 0 Å². The van der Waals surface area contributed by atoms with Crippen molar-refractivity contribution in [3.63, 3.8) is 0 Å². The van der Waals surface area contributed by atoms with Gasteiger partial charge in [0.05, 0.1) is 6.42 Å². The van der Waals surface area contributed by atoms with Crippen LogP contribution in [-0.2, 0) is 22.6 Å². The van der Waals surface area contributed by atoms with Gasteiger partial charge in [-0.2, -0.15) is 4.80 Å². The first-order valence-corrected chi connectivity index (χ1v) is 8.13. The number of carbonyl (C=O) groups excluding carboxylic acids is 2. The number of nitrogens with one attached hydrogen (secondary N) is 2. The Balaban J connectivity index is 1.47. The predicted molar refractivity (Wildman–Crippen MR) is 94.7 cm³/mol. The summed E-state index contributed by atoms with van der Waals surface area (Å²) in [7, 11) is 0. The van der Waals surface area contributed by atoms with Gasteiger partial charge in [0.25, 0.3) is 5.91 Å². The summed E-state index contributed by atoms with van der Waals surface area (Å²) < 4.78 is 0. The lowest BCUT2D eigenvalue weighted by atomic mass is 10.1. The second-order valence-corrected chi connectivity index (χ2v) is 5.85. The Labute approximate surface area is 154 Å². The van der Waals surface area contributed by atoms with Crippen LogP contribution in [0.2, 0.25) is 5.02 Å². The molecule has 0 aliphatic carbocycles. The third kappa shape index (κ3) is 4.87. The van der Waals surface area contributed by atoms with Gasteiger partial charge in [0.1, 0.15) is 6.54 Å². The largest absolute Gasteiger partial charge is 0.273 e. The maximum absolute atomic E-state index is 11.9. The molecule has 0 radical (unpaired) electrons. The molecule has 1 aromatic heterocycles. The molecule has 0 unspecified atom stereocenters. The minimum Gasteiger partial charge on any atom is -0.273 e. The molecular weight excluding hydrogens is 356 g/mol. The van der Waals surface area contributed by atoms with E-state index in [4.69, 9.17) is 11.6 Å². The van der Waals surface area contributed by atoms with Crippen LogP contribution in [0.4, 0.5) is 0 Å². The number of hydrogen-bond donors (Lipinski definition) is 2. The van der Waals surface area contributed by atoms with Gasteiger partial charge in [-0.05, 0) is 22.9 Å². The minimum absolute atomic E-state index is 0.122. The maximum atomic E-state index is 11.9. The van der Waals surface area contributed by atoms with E-state index in [-0.39, 0.29) is 18.9 Å². The van der Waals surface area contributed by atoms with E-state index < -0.39 is 5.91 Å². The van der Waals surface area contributed by atoms with E-state index in [1.807, 2.05) is 30.3 Å². The Morgan fingerprint density at radius 2 is 1.65 bits per heavy atom.